The van der Waals surface area contributed by atoms with E-state index >= 15 is 0 Å². The lowest BCUT2D eigenvalue weighted by Gasteiger charge is -2.42. The molecule has 1 heterocycles. The van der Waals surface area contributed by atoms with Crippen LogP contribution in [-0.2, 0) is 9.59 Å². The zero-order valence-corrected chi connectivity index (χ0v) is 9.63. The number of hydrogen-bond donors (Lipinski definition) is 1. The minimum Gasteiger partial charge on any atom is -0.296 e. The highest BCUT2D eigenvalue weighted by atomic mass is 16.2. The quantitative estimate of drug-likeness (QED) is 0.688. The van der Waals surface area contributed by atoms with Gasteiger partial charge in [-0.1, -0.05) is 12.8 Å². The lowest BCUT2D eigenvalue weighted by molar-refractivity contribution is -0.139. The Morgan fingerprint density at radius 2 is 1.69 bits per heavy atom. The molecule has 3 nitrogen and oxygen atoms in total. The highest BCUT2D eigenvalue weighted by Crippen LogP contribution is 2.52. The summed E-state index contributed by atoms with van der Waals surface area (Å²) in [4.78, 5) is 23.0. The normalized spacial score (nSPS) is 33.9. The van der Waals surface area contributed by atoms with Crippen LogP contribution in [0.2, 0.25) is 0 Å². The van der Waals surface area contributed by atoms with Crippen molar-refractivity contribution in [2.24, 2.45) is 17.3 Å². The first kappa shape index (κ1) is 10.3. The van der Waals surface area contributed by atoms with E-state index in [4.69, 9.17) is 0 Å². The number of piperidine rings is 1. The molecule has 88 valence electrons. The molecule has 0 aromatic carbocycles. The highest BCUT2D eigenvalue weighted by Gasteiger charge is 2.46. The molecule has 0 bridgehead atoms. The summed E-state index contributed by atoms with van der Waals surface area (Å²) in [7, 11) is 0. The first-order chi connectivity index (χ1) is 7.67. The van der Waals surface area contributed by atoms with Gasteiger partial charge in [-0.15, -0.1) is 0 Å². The van der Waals surface area contributed by atoms with Crippen LogP contribution >= 0.6 is 0 Å². The van der Waals surface area contributed by atoms with E-state index in [1.807, 2.05) is 0 Å². The van der Waals surface area contributed by atoms with Crippen LogP contribution in [0.25, 0.3) is 0 Å². The van der Waals surface area contributed by atoms with Crippen molar-refractivity contribution >= 4 is 11.8 Å². The Kier molecular flexibility index (Phi) is 2.30. The van der Waals surface area contributed by atoms with Gasteiger partial charge < -0.3 is 0 Å². The van der Waals surface area contributed by atoms with E-state index in [2.05, 4.69) is 5.32 Å². The van der Waals surface area contributed by atoms with E-state index in [0.717, 1.165) is 24.7 Å². The van der Waals surface area contributed by atoms with Gasteiger partial charge in [0, 0.05) is 12.8 Å². The van der Waals surface area contributed by atoms with Crippen molar-refractivity contribution in [1.29, 1.82) is 0 Å². The van der Waals surface area contributed by atoms with E-state index in [1.165, 1.54) is 25.7 Å². The van der Waals surface area contributed by atoms with Crippen molar-refractivity contribution in [3.05, 3.63) is 0 Å². The van der Waals surface area contributed by atoms with Crippen LogP contribution in [0.15, 0.2) is 0 Å². The van der Waals surface area contributed by atoms with Gasteiger partial charge in [-0.25, -0.2) is 0 Å². The molecule has 2 saturated carbocycles. The molecule has 3 fully saturated rings. The average Bonchev–Trinajstić information content (AvgIpc) is 2.98. The van der Waals surface area contributed by atoms with Crippen molar-refractivity contribution in [3.63, 3.8) is 0 Å². The Morgan fingerprint density at radius 1 is 1.00 bits per heavy atom. The van der Waals surface area contributed by atoms with Crippen LogP contribution in [0.5, 0.6) is 0 Å². The molecule has 3 rings (SSSR count). The van der Waals surface area contributed by atoms with Crippen LogP contribution < -0.4 is 5.32 Å². The molecule has 1 atom stereocenters. The van der Waals surface area contributed by atoms with E-state index < -0.39 is 0 Å². The average molecular weight is 221 g/mol. The standard InChI is InChI=1S/C13H19NO2/c15-11-7-13(8-12(16)14-11)5-1-2-10(6-13)9-3-4-9/h9-10H,1-8H2,(H,14,15,16). The minimum absolute atomic E-state index is 0.0327. The molecule has 1 aliphatic heterocycles. The molecule has 3 heteroatoms. The number of carbonyl (C=O) groups excluding carboxylic acids is 2. The van der Waals surface area contributed by atoms with Gasteiger partial charge in [-0.2, -0.15) is 0 Å². The molecule has 2 aliphatic carbocycles. The first-order valence-electron chi connectivity index (χ1n) is 6.50. The molecule has 1 spiro atoms. The summed E-state index contributed by atoms with van der Waals surface area (Å²) in [6.45, 7) is 0. The van der Waals surface area contributed by atoms with E-state index in [9.17, 15) is 9.59 Å². The van der Waals surface area contributed by atoms with Gasteiger partial charge in [0.2, 0.25) is 11.8 Å². The fraction of sp³-hybridized carbons (Fsp3) is 0.846. The van der Waals surface area contributed by atoms with Gasteiger partial charge >= 0.3 is 0 Å². The molecule has 16 heavy (non-hydrogen) atoms. The zero-order chi connectivity index (χ0) is 11.2. The molecule has 1 unspecified atom stereocenters. The first-order valence-corrected chi connectivity index (χ1v) is 6.50. The monoisotopic (exact) mass is 221 g/mol. The Balaban J connectivity index is 1.75. The predicted molar refractivity (Wildman–Crippen MR) is 59.5 cm³/mol. The molecule has 1 saturated heterocycles. The number of amides is 2. The summed E-state index contributed by atoms with van der Waals surface area (Å²) < 4.78 is 0. The third-order valence-electron chi connectivity index (χ3n) is 4.62. The lowest BCUT2D eigenvalue weighted by atomic mass is 9.63. The van der Waals surface area contributed by atoms with Crippen molar-refractivity contribution < 1.29 is 9.59 Å². The van der Waals surface area contributed by atoms with Crippen molar-refractivity contribution in [1.82, 2.24) is 5.32 Å². The van der Waals surface area contributed by atoms with E-state index in [0.29, 0.717) is 12.8 Å². The van der Waals surface area contributed by atoms with Gasteiger partial charge in [-0.3, -0.25) is 14.9 Å². The third-order valence-corrected chi connectivity index (χ3v) is 4.62. The maximum absolute atomic E-state index is 11.5. The van der Waals surface area contributed by atoms with Gasteiger partial charge in [0.05, 0.1) is 0 Å². The van der Waals surface area contributed by atoms with Crippen molar-refractivity contribution in [2.75, 3.05) is 0 Å². The van der Waals surface area contributed by atoms with Crippen LogP contribution in [0.1, 0.15) is 51.4 Å². The van der Waals surface area contributed by atoms with Gasteiger partial charge in [0.25, 0.3) is 0 Å². The van der Waals surface area contributed by atoms with Crippen LogP contribution in [0.4, 0.5) is 0 Å². The third kappa shape index (κ3) is 1.87. The highest BCUT2D eigenvalue weighted by molar-refractivity contribution is 5.98. The molecule has 0 radical (unpaired) electrons. The summed E-state index contributed by atoms with van der Waals surface area (Å²) in [5, 5.41) is 2.43. The molecule has 1 N–H and O–H groups in total. The van der Waals surface area contributed by atoms with Crippen molar-refractivity contribution in [3.8, 4) is 0 Å². The second kappa shape index (κ2) is 3.57. The second-order valence-electron chi connectivity index (χ2n) is 6.02. The van der Waals surface area contributed by atoms with E-state index in [-0.39, 0.29) is 17.2 Å². The summed E-state index contributed by atoms with van der Waals surface area (Å²) in [5.41, 5.74) is 0.0327. The topological polar surface area (TPSA) is 46.2 Å². The summed E-state index contributed by atoms with van der Waals surface area (Å²) in [5.74, 6) is 1.62. The Bertz CT molecular complexity index is 317. The maximum Gasteiger partial charge on any atom is 0.227 e. The molecule has 0 aromatic heterocycles. The number of nitrogens with one attached hydrogen (secondary N) is 1. The predicted octanol–water partition coefficient (Wildman–Crippen LogP) is 2.01. The fourth-order valence-corrected chi connectivity index (χ4v) is 3.78. The SMILES string of the molecule is O=C1CC2(CCCC(C3CC3)C2)CC(=O)N1. The zero-order valence-electron chi connectivity index (χ0n) is 9.63. The van der Waals surface area contributed by atoms with E-state index in [1.54, 1.807) is 0 Å². The molecular weight excluding hydrogens is 202 g/mol. The van der Waals surface area contributed by atoms with Crippen LogP contribution in [-0.4, -0.2) is 11.8 Å². The van der Waals surface area contributed by atoms with Crippen molar-refractivity contribution in [2.45, 2.75) is 51.4 Å². The maximum atomic E-state index is 11.5. The summed E-state index contributed by atoms with van der Waals surface area (Å²) in [6.07, 6.45) is 8.65. The lowest BCUT2D eigenvalue weighted by Crippen LogP contribution is -2.46. The molecule has 2 amide bonds. The number of rotatable bonds is 1. The number of carbonyl (C=O) groups is 2. The Labute approximate surface area is 96.0 Å². The van der Waals surface area contributed by atoms with Gasteiger partial charge in [0.15, 0.2) is 0 Å². The minimum atomic E-state index is -0.0484. The number of hydrogen-bond acceptors (Lipinski definition) is 2. The smallest absolute Gasteiger partial charge is 0.227 e. The largest absolute Gasteiger partial charge is 0.296 e. The van der Waals surface area contributed by atoms with Gasteiger partial charge in [-0.05, 0) is 42.9 Å². The summed E-state index contributed by atoms with van der Waals surface area (Å²) >= 11 is 0. The molecule has 3 aliphatic rings. The van der Waals surface area contributed by atoms with Crippen LogP contribution in [0.3, 0.4) is 0 Å². The van der Waals surface area contributed by atoms with Gasteiger partial charge in [0.1, 0.15) is 0 Å². The molecule has 0 aromatic rings. The number of imide groups is 1. The molecular formula is C13H19NO2. The summed E-state index contributed by atoms with van der Waals surface area (Å²) in [6, 6.07) is 0. The fourth-order valence-electron chi connectivity index (χ4n) is 3.78. The Hall–Kier alpha value is -0.860. The van der Waals surface area contributed by atoms with Crippen LogP contribution in [0, 0.1) is 17.3 Å². The Morgan fingerprint density at radius 3 is 2.31 bits per heavy atom. The second-order valence-corrected chi connectivity index (χ2v) is 6.02.